The molecule has 3 aromatic rings. The van der Waals surface area contributed by atoms with Crippen LogP contribution in [0.2, 0.25) is 0 Å². The minimum atomic E-state index is -0.693. The van der Waals surface area contributed by atoms with Crippen LogP contribution < -0.4 is 14.8 Å². The summed E-state index contributed by atoms with van der Waals surface area (Å²) >= 11 is 0. The fourth-order valence-corrected chi connectivity index (χ4v) is 2.30. The van der Waals surface area contributed by atoms with Gasteiger partial charge in [-0.2, -0.15) is 0 Å². The Morgan fingerprint density at radius 2 is 1.81 bits per heavy atom. The van der Waals surface area contributed by atoms with Gasteiger partial charge in [0.1, 0.15) is 30.9 Å². The van der Waals surface area contributed by atoms with E-state index in [1.807, 2.05) is 29.1 Å². The van der Waals surface area contributed by atoms with Gasteiger partial charge in [-0.05, 0) is 42.5 Å². The van der Waals surface area contributed by atoms with Crippen LogP contribution in [-0.2, 0) is 0 Å². The Labute approximate surface area is 156 Å². The van der Waals surface area contributed by atoms with Crippen molar-refractivity contribution in [1.82, 2.24) is 20.1 Å². The molecule has 0 bridgehead atoms. The lowest BCUT2D eigenvalue weighted by Gasteiger charge is -2.13. The molecule has 27 heavy (non-hydrogen) atoms. The molecule has 7 nitrogen and oxygen atoms in total. The minimum Gasteiger partial charge on any atom is -0.492 e. The Hall–Kier alpha value is -2.97. The summed E-state index contributed by atoms with van der Waals surface area (Å²) in [5.41, 5.74) is 0. The summed E-state index contributed by atoms with van der Waals surface area (Å²) in [5, 5.41) is 21.1. The highest BCUT2D eigenvalue weighted by Gasteiger charge is 2.06. The quantitative estimate of drug-likeness (QED) is 0.529. The first-order valence-electron chi connectivity index (χ1n) is 8.58. The maximum Gasteiger partial charge on any atom is 0.233 e. The van der Waals surface area contributed by atoms with Crippen molar-refractivity contribution in [2.45, 2.75) is 6.10 Å². The van der Waals surface area contributed by atoms with Crippen LogP contribution >= 0.6 is 0 Å². The average Bonchev–Trinajstić information content (AvgIpc) is 3.23. The van der Waals surface area contributed by atoms with Gasteiger partial charge < -0.3 is 24.5 Å². The van der Waals surface area contributed by atoms with Gasteiger partial charge in [0.15, 0.2) is 5.82 Å². The fraction of sp³-hybridized carbons (Fsp3) is 0.263. The first kappa shape index (κ1) is 18.8. The smallest absolute Gasteiger partial charge is 0.233 e. The highest BCUT2D eigenvalue weighted by Crippen LogP contribution is 2.11. The van der Waals surface area contributed by atoms with Crippen molar-refractivity contribution in [2.24, 2.45) is 0 Å². The van der Waals surface area contributed by atoms with Crippen molar-refractivity contribution in [3.8, 4) is 17.4 Å². The monoisotopic (exact) mass is 372 g/mol. The van der Waals surface area contributed by atoms with Gasteiger partial charge in [-0.25, -0.2) is 4.39 Å². The van der Waals surface area contributed by atoms with Crippen LogP contribution in [0.1, 0.15) is 0 Å². The van der Waals surface area contributed by atoms with Crippen molar-refractivity contribution in [3.05, 3.63) is 66.7 Å². The number of rotatable bonds is 10. The lowest BCUT2D eigenvalue weighted by atomic mass is 10.3. The second kappa shape index (κ2) is 9.65. The molecule has 1 aromatic carbocycles. The van der Waals surface area contributed by atoms with E-state index in [4.69, 9.17) is 9.47 Å². The largest absolute Gasteiger partial charge is 0.492 e. The number of halogens is 1. The van der Waals surface area contributed by atoms with E-state index in [9.17, 15) is 9.50 Å². The predicted octanol–water partition coefficient (Wildman–Crippen LogP) is 1.81. The van der Waals surface area contributed by atoms with Crippen molar-refractivity contribution in [2.75, 3.05) is 26.3 Å². The average molecular weight is 372 g/mol. The molecule has 8 heteroatoms. The van der Waals surface area contributed by atoms with Crippen LogP contribution in [0.25, 0.3) is 5.82 Å². The number of hydrogen-bond acceptors (Lipinski definition) is 6. The first-order chi connectivity index (χ1) is 13.2. The summed E-state index contributed by atoms with van der Waals surface area (Å²) in [7, 11) is 0. The lowest BCUT2D eigenvalue weighted by molar-refractivity contribution is 0.102. The van der Waals surface area contributed by atoms with Crippen LogP contribution in [0.4, 0.5) is 4.39 Å². The summed E-state index contributed by atoms with van der Waals surface area (Å²) < 4.78 is 25.5. The van der Waals surface area contributed by atoms with Crippen molar-refractivity contribution in [1.29, 1.82) is 0 Å². The maximum absolute atomic E-state index is 12.8. The van der Waals surface area contributed by atoms with Crippen LogP contribution in [0, 0.1) is 5.82 Å². The molecule has 2 N–H and O–H groups in total. The minimum absolute atomic E-state index is 0.101. The second-order valence-electron chi connectivity index (χ2n) is 5.79. The summed E-state index contributed by atoms with van der Waals surface area (Å²) in [6, 6.07) is 13.1. The van der Waals surface area contributed by atoms with Crippen LogP contribution in [-0.4, -0.2) is 52.3 Å². The Morgan fingerprint density at radius 1 is 1.04 bits per heavy atom. The zero-order valence-corrected chi connectivity index (χ0v) is 14.7. The number of benzene rings is 1. The Bertz CT molecular complexity index is 795. The maximum atomic E-state index is 12.8. The van der Waals surface area contributed by atoms with Crippen LogP contribution in [0.5, 0.6) is 11.6 Å². The summed E-state index contributed by atoms with van der Waals surface area (Å²) in [6.07, 6.45) is 3.06. The highest BCUT2D eigenvalue weighted by atomic mass is 19.1. The number of aliphatic hydroxyl groups is 1. The molecule has 0 amide bonds. The normalized spacial score (nSPS) is 11.9. The van der Waals surface area contributed by atoms with Crippen molar-refractivity contribution >= 4 is 0 Å². The molecule has 0 saturated carbocycles. The first-order valence-corrected chi connectivity index (χ1v) is 8.58. The van der Waals surface area contributed by atoms with Gasteiger partial charge in [0, 0.05) is 31.5 Å². The van der Waals surface area contributed by atoms with Crippen LogP contribution in [0.15, 0.2) is 60.9 Å². The molecule has 1 atom stereocenters. The number of hydrogen-bond donors (Lipinski definition) is 2. The number of ether oxygens (including phenoxy) is 2. The van der Waals surface area contributed by atoms with E-state index in [1.54, 1.807) is 24.3 Å². The van der Waals surface area contributed by atoms with E-state index in [0.717, 1.165) is 0 Å². The Balaban J connectivity index is 1.30. The summed E-state index contributed by atoms with van der Waals surface area (Å²) in [4.78, 5) is 0. The predicted molar refractivity (Wildman–Crippen MR) is 97.6 cm³/mol. The van der Waals surface area contributed by atoms with Gasteiger partial charge in [-0.15, -0.1) is 10.2 Å². The highest BCUT2D eigenvalue weighted by molar-refractivity contribution is 5.24. The number of aromatic nitrogens is 3. The van der Waals surface area contributed by atoms with Gasteiger partial charge in [0.25, 0.3) is 0 Å². The van der Waals surface area contributed by atoms with Crippen molar-refractivity contribution < 1.29 is 19.0 Å². The van der Waals surface area contributed by atoms with Gasteiger partial charge in [0.05, 0.1) is 0 Å². The molecule has 0 spiro atoms. The molecule has 0 fully saturated rings. The van der Waals surface area contributed by atoms with Gasteiger partial charge >= 0.3 is 0 Å². The topological polar surface area (TPSA) is 81.4 Å². The molecule has 0 aliphatic heterocycles. The molecule has 0 radical (unpaired) electrons. The molecule has 3 rings (SSSR count). The number of nitrogens with zero attached hydrogens (tertiary/aromatic N) is 3. The zero-order valence-electron chi connectivity index (χ0n) is 14.7. The Morgan fingerprint density at radius 3 is 2.52 bits per heavy atom. The van der Waals surface area contributed by atoms with E-state index in [0.29, 0.717) is 37.1 Å². The molecule has 0 aliphatic rings. The van der Waals surface area contributed by atoms with E-state index in [2.05, 4.69) is 15.5 Å². The lowest BCUT2D eigenvalue weighted by Crippen LogP contribution is -2.33. The van der Waals surface area contributed by atoms with Crippen molar-refractivity contribution in [3.63, 3.8) is 0 Å². The molecule has 2 heterocycles. The number of aliphatic hydroxyl groups excluding tert-OH is 1. The third-order valence-electron chi connectivity index (χ3n) is 3.66. The zero-order chi connectivity index (χ0) is 18.9. The van der Waals surface area contributed by atoms with Gasteiger partial charge in [-0.3, -0.25) is 0 Å². The molecular formula is C19H21FN4O3. The van der Waals surface area contributed by atoms with E-state index in [-0.39, 0.29) is 12.4 Å². The summed E-state index contributed by atoms with van der Waals surface area (Å²) in [5.74, 6) is 1.34. The standard InChI is InChI=1S/C19H21FN4O3/c20-15-3-5-17(6-4-15)26-12-9-21-13-16(25)14-27-19-8-7-18(22-23-19)24-10-1-2-11-24/h1-8,10-11,16,21,25H,9,12-14H2. The summed E-state index contributed by atoms with van der Waals surface area (Å²) in [6.45, 7) is 1.40. The molecule has 0 saturated heterocycles. The molecule has 142 valence electrons. The molecule has 1 unspecified atom stereocenters. The van der Waals surface area contributed by atoms with Crippen LogP contribution in [0.3, 0.4) is 0 Å². The van der Waals surface area contributed by atoms with E-state index >= 15 is 0 Å². The third kappa shape index (κ3) is 6.05. The van der Waals surface area contributed by atoms with Gasteiger partial charge in [-0.1, -0.05) is 0 Å². The van der Waals surface area contributed by atoms with Gasteiger partial charge in [0.2, 0.25) is 5.88 Å². The molecular weight excluding hydrogens is 351 g/mol. The Kier molecular flexibility index (Phi) is 6.72. The SMILES string of the molecule is OC(CNCCOc1ccc(F)cc1)COc1ccc(-n2cccc2)nn1. The van der Waals surface area contributed by atoms with E-state index < -0.39 is 6.10 Å². The molecule has 2 aromatic heterocycles. The second-order valence-corrected chi connectivity index (χ2v) is 5.79. The number of nitrogens with one attached hydrogen (secondary N) is 1. The molecule has 0 aliphatic carbocycles. The van der Waals surface area contributed by atoms with E-state index in [1.165, 1.54) is 12.1 Å². The third-order valence-corrected chi connectivity index (χ3v) is 3.66. The fourth-order valence-electron chi connectivity index (χ4n) is 2.30.